The lowest BCUT2D eigenvalue weighted by Gasteiger charge is -2.28. The highest BCUT2D eigenvalue weighted by molar-refractivity contribution is 5.13. The third-order valence-corrected chi connectivity index (χ3v) is 4.35. The fourth-order valence-electron chi connectivity index (χ4n) is 2.82. The Hall–Kier alpha value is -0.860. The van der Waals surface area contributed by atoms with Gasteiger partial charge in [0.1, 0.15) is 0 Å². The van der Waals surface area contributed by atoms with Gasteiger partial charge >= 0.3 is 0 Å². The third kappa shape index (κ3) is 4.92. The van der Waals surface area contributed by atoms with Gasteiger partial charge in [-0.3, -0.25) is 0 Å². The largest absolute Gasteiger partial charge is 0.310 e. The van der Waals surface area contributed by atoms with Crippen molar-refractivity contribution < 1.29 is 4.39 Å². The van der Waals surface area contributed by atoms with Crippen LogP contribution in [-0.2, 0) is 12.5 Å². The zero-order valence-electron chi connectivity index (χ0n) is 13.7. The van der Waals surface area contributed by atoms with E-state index >= 15 is 0 Å². The normalized spacial score (nSPS) is 14.4. The lowest BCUT2D eigenvalue weighted by Crippen LogP contribution is -2.22. The summed E-state index contributed by atoms with van der Waals surface area (Å²) < 4.78 is 15.1. The molecule has 0 aromatic carbocycles. The molecule has 2 nitrogen and oxygen atoms in total. The van der Waals surface area contributed by atoms with Crippen LogP contribution in [0.25, 0.3) is 0 Å². The van der Waals surface area contributed by atoms with Gasteiger partial charge in [0.15, 0.2) is 0 Å². The summed E-state index contributed by atoms with van der Waals surface area (Å²) in [6.07, 6.45) is 12.5. The fourth-order valence-corrected chi connectivity index (χ4v) is 2.82. The maximum Gasteiger partial charge on any atom is 0.289 e. The number of rotatable bonds is 10. The van der Waals surface area contributed by atoms with Gasteiger partial charge in [0, 0.05) is 18.7 Å². The SMILES string of the molecule is CCCCCCC(C)(CCCCC)c1cn(C)c(F)n1. The van der Waals surface area contributed by atoms with Crippen LogP contribution in [0.5, 0.6) is 0 Å². The van der Waals surface area contributed by atoms with Crippen molar-refractivity contribution in [1.29, 1.82) is 0 Å². The molecule has 0 spiro atoms. The second-order valence-corrected chi connectivity index (χ2v) is 6.33. The predicted molar refractivity (Wildman–Crippen MR) is 83.4 cm³/mol. The Balaban J connectivity index is 2.71. The van der Waals surface area contributed by atoms with Crippen LogP contribution in [0.15, 0.2) is 6.20 Å². The first kappa shape index (κ1) is 17.2. The number of aromatic nitrogens is 2. The summed E-state index contributed by atoms with van der Waals surface area (Å²) >= 11 is 0. The Kier molecular flexibility index (Phi) is 7.25. The van der Waals surface area contributed by atoms with E-state index in [1.54, 1.807) is 7.05 Å². The summed E-state index contributed by atoms with van der Waals surface area (Å²) in [4.78, 5) is 4.16. The molecule has 0 amide bonds. The van der Waals surface area contributed by atoms with Gasteiger partial charge in [0.05, 0.1) is 5.69 Å². The topological polar surface area (TPSA) is 17.8 Å². The smallest absolute Gasteiger partial charge is 0.289 e. The summed E-state index contributed by atoms with van der Waals surface area (Å²) in [6, 6.07) is 0. The van der Waals surface area contributed by atoms with Crippen molar-refractivity contribution in [2.45, 2.75) is 84.0 Å². The van der Waals surface area contributed by atoms with Crippen molar-refractivity contribution in [3.05, 3.63) is 18.0 Å². The minimum atomic E-state index is -0.365. The minimum absolute atomic E-state index is 0.0327. The molecule has 0 saturated heterocycles. The molecular formula is C17H31FN2. The highest BCUT2D eigenvalue weighted by Crippen LogP contribution is 2.34. The molecule has 1 aromatic rings. The number of halogens is 1. The average Bonchev–Trinajstić information content (AvgIpc) is 2.76. The third-order valence-electron chi connectivity index (χ3n) is 4.35. The second kappa shape index (κ2) is 8.43. The van der Waals surface area contributed by atoms with Gasteiger partial charge in [-0.15, -0.1) is 0 Å². The molecule has 1 unspecified atom stereocenters. The van der Waals surface area contributed by atoms with Crippen LogP contribution in [0.4, 0.5) is 4.39 Å². The van der Waals surface area contributed by atoms with E-state index in [1.807, 2.05) is 6.20 Å². The number of aryl methyl sites for hydroxylation is 1. The number of imidazole rings is 1. The van der Waals surface area contributed by atoms with Crippen molar-refractivity contribution >= 4 is 0 Å². The lowest BCUT2D eigenvalue weighted by molar-refractivity contribution is 0.355. The Morgan fingerprint density at radius 3 is 2.10 bits per heavy atom. The van der Waals surface area contributed by atoms with Crippen molar-refractivity contribution in [2.75, 3.05) is 0 Å². The molecule has 3 heteroatoms. The highest BCUT2D eigenvalue weighted by atomic mass is 19.1. The Morgan fingerprint density at radius 2 is 1.60 bits per heavy atom. The number of unbranched alkanes of at least 4 members (excludes halogenated alkanes) is 5. The maximum atomic E-state index is 13.6. The molecule has 1 heterocycles. The maximum absolute atomic E-state index is 13.6. The van der Waals surface area contributed by atoms with Crippen molar-refractivity contribution in [3.63, 3.8) is 0 Å². The van der Waals surface area contributed by atoms with Crippen molar-refractivity contribution in [3.8, 4) is 0 Å². The number of nitrogens with zero attached hydrogens (tertiary/aromatic N) is 2. The van der Waals surface area contributed by atoms with E-state index in [1.165, 1.54) is 49.5 Å². The van der Waals surface area contributed by atoms with E-state index in [4.69, 9.17) is 0 Å². The Bertz CT molecular complexity index is 367. The molecule has 116 valence electrons. The molecule has 0 bridgehead atoms. The molecule has 1 rings (SSSR count). The molecule has 0 aliphatic carbocycles. The molecule has 0 saturated carbocycles. The zero-order chi connectivity index (χ0) is 15.0. The zero-order valence-corrected chi connectivity index (χ0v) is 13.7. The predicted octanol–water partition coefficient (Wildman–Crippen LogP) is 5.37. The summed E-state index contributed by atoms with van der Waals surface area (Å²) in [7, 11) is 1.73. The van der Waals surface area contributed by atoms with Gasteiger partial charge in [-0.05, 0) is 12.8 Å². The molecule has 1 aromatic heterocycles. The van der Waals surface area contributed by atoms with Crippen LogP contribution in [0.3, 0.4) is 0 Å². The van der Waals surface area contributed by atoms with E-state index in [2.05, 4.69) is 25.8 Å². The van der Waals surface area contributed by atoms with Gasteiger partial charge in [-0.2, -0.15) is 4.39 Å². The first-order chi connectivity index (χ1) is 9.53. The van der Waals surface area contributed by atoms with Crippen LogP contribution in [0.1, 0.15) is 84.3 Å². The second-order valence-electron chi connectivity index (χ2n) is 6.33. The summed E-state index contributed by atoms with van der Waals surface area (Å²) in [5, 5.41) is 0. The van der Waals surface area contributed by atoms with E-state index in [0.717, 1.165) is 18.5 Å². The van der Waals surface area contributed by atoms with E-state index in [9.17, 15) is 4.39 Å². The fraction of sp³-hybridized carbons (Fsp3) is 0.824. The summed E-state index contributed by atoms with van der Waals surface area (Å²) in [6.45, 7) is 6.71. The van der Waals surface area contributed by atoms with Gasteiger partial charge in [-0.1, -0.05) is 65.7 Å². The molecular weight excluding hydrogens is 251 g/mol. The van der Waals surface area contributed by atoms with Gasteiger partial charge in [0.2, 0.25) is 0 Å². The Labute approximate surface area is 123 Å². The number of hydrogen-bond donors (Lipinski definition) is 0. The van der Waals surface area contributed by atoms with Gasteiger partial charge < -0.3 is 4.57 Å². The number of hydrogen-bond acceptors (Lipinski definition) is 1. The van der Waals surface area contributed by atoms with Gasteiger partial charge in [-0.25, -0.2) is 4.98 Å². The summed E-state index contributed by atoms with van der Waals surface area (Å²) in [5.74, 6) is 0. The highest BCUT2D eigenvalue weighted by Gasteiger charge is 2.29. The van der Waals surface area contributed by atoms with Crippen LogP contribution < -0.4 is 0 Å². The van der Waals surface area contributed by atoms with Crippen LogP contribution in [0, 0.1) is 6.08 Å². The monoisotopic (exact) mass is 282 g/mol. The van der Waals surface area contributed by atoms with E-state index < -0.39 is 0 Å². The average molecular weight is 282 g/mol. The van der Waals surface area contributed by atoms with Crippen molar-refractivity contribution in [1.82, 2.24) is 9.55 Å². The molecule has 0 N–H and O–H groups in total. The molecule has 1 atom stereocenters. The molecule has 0 aliphatic heterocycles. The minimum Gasteiger partial charge on any atom is -0.310 e. The molecule has 0 fully saturated rings. The molecule has 20 heavy (non-hydrogen) atoms. The van der Waals surface area contributed by atoms with Crippen LogP contribution >= 0.6 is 0 Å². The quantitative estimate of drug-likeness (QED) is 0.528. The standard InChI is InChI=1S/C17H31FN2/c1-5-7-9-11-13-17(3,12-10-8-6-2)15-14-20(4)16(18)19-15/h14H,5-13H2,1-4H3. The van der Waals surface area contributed by atoms with Gasteiger partial charge in [0.25, 0.3) is 6.08 Å². The van der Waals surface area contributed by atoms with Crippen molar-refractivity contribution in [2.24, 2.45) is 7.05 Å². The van der Waals surface area contributed by atoms with Crippen LogP contribution in [-0.4, -0.2) is 9.55 Å². The summed E-state index contributed by atoms with van der Waals surface area (Å²) in [5.41, 5.74) is 0.968. The van der Waals surface area contributed by atoms with E-state index in [0.29, 0.717) is 0 Å². The Morgan fingerprint density at radius 1 is 1.05 bits per heavy atom. The molecule has 0 radical (unpaired) electrons. The van der Waals surface area contributed by atoms with E-state index in [-0.39, 0.29) is 11.5 Å². The first-order valence-corrected chi connectivity index (χ1v) is 8.23. The lowest BCUT2D eigenvalue weighted by atomic mass is 9.77. The molecule has 0 aliphatic rings. The van der Waals surface area contributed by atoms with Crippen LogP contribution in [0.2, 0.25) is 0 Å². The first-order valence-electron chi connectivity index (χ1n) is 8.23.